The molecule has 3 fully saturated rings. The average Bonchev–Trinajstić information content (AvgIpc) is 3.56. The fraction of sp³-hybridized carbons (Fsp3) is 0.485. The van der Waals surface area contributed by atoms with Gasteiger partial charge in [0.05, 0.1) is 6.61 Å². The van der Waals surface area contributed by atoms with E-state index in [0.29, 0.717) is 75.4 Å². The molecule has 2 aromatic carbocycles. The number of aliphatic hydroxyl groups is 1. The maximum absolute atomic E-state index is 15.4. The maximum atomic E-state index is 15.4. The van der Waals surface area contributed by atoms with E-state index in [1.807, 2.05) is 12.1 Å². The summed E-state index contributed by atoms with van der Waals surface area (Å²) in [6.45, 7) is 3.28. The monoisotopic (exact) mass is 633 g/mol. The van der Waals surface area contributed by atoms with E-state index in [2.05, 4.69) is 20.2 Å². The van der Waals surface area contributed by atoms with Crippen LogP contribution >= 0.6 is 0 Å². The summed E-state index contributed by atoms with van der Waals surface area (Å²) in [6.07, 6.45) is 2.59. The highest BCUT2D eigenvalue weighted by atomic mass is 19.1. The number of hydrogen-bond acceptors (Lipinski definition) is 10. The number of nitrogens with zero attached hydrogens (tertiary/aromatic N) is 4. The molecular weight excluding hydrogens is 597 g/mol. The minimum atomic E-state index is -1.22. The van der Waals surface area contributed by atoms with Crippen LogP contribution in [0.4, 0.5) is 4.39 Å². The summed E-state index contributed by atoms with van der Waals surface area (Å²) in [4.78, 5) is 49.6. The van der Waals surface area contributed by atoms with Crippen LogP contribution in [0, 0.1) is 11.7 Å². The Hall–Kier alpha value is -4.04. The molecule has 3 saturated heterocycles. The van der Waals surface area contributed by atoms with E-state index in [1.54, 1.807) is 25.4 Å². The highest BCUT2D eigenvalue weighted by molar-refractivity contribution is 6.05. The fourth-order valence-electron chi connectivity index (χ4n) is 7.03. The third kappa shape index (κ3) is 5.83. The Kier molecular flexibility index (Phi) is 8.17. The van der Waals surface area contributed by atoms with E-state index in [1.165, 1.54) is 11.0 Å². The number of amides is 3. The average molecular weight is 634 g/mol. The van der Waals surface area contributed by atoms with Crippen molar-refractivity contribution in [2.45, 2.75) is 56.5 Å². The van der Waals surface area contributed by atoms with Gasteiger partial charge in [-0.1, -0.05) is 0 Å². The smallest absolute Gasteiger partial charge is 0.255 e. The van der Waals surface area contributed by atoms with E-state index in [0.717, 1.165) is 11.1 Å². The minimum Gasteiger partial charge on any atom is -0.489 e. The summed E-state index contributed by atoms with van der Waals surface area (Å²) >= 11 is 0. The summed E-state index contributed by atoms with van der Waals surface area (Å²) in [7, 11) is 1.65. The van der Waals surface area contributed by atoms with Crippen molar-refractivity contribution in [1.82, 2.24) is 25.1 Å². The van der Waals surface area contributed by atoms with Crippen LogP contribution in [0.2, 0.25) is 0 Å². The number of halogens is 1. The molecule has 3 amide bonds. The summed E-state index contributed by atoms with van der Waals surface area (Å²) in [5.41, 5.74) is 1.02. The minimum absolute atomic E-state index is 0.0521. The van der Waals surface area contributed by atoms with Gasteiger partial charge >= 0.3 is 0 Å². The lowest BCUT2D eigenvalue weighted by Gasteiger charge is -2.30. The number of imide groups is 1. The molecule has 242 valence electrons. The van der Waals surface area contributed by atoms with Crippen molar-refractivity contribution >= 4 is 28.6 Å². The Morgan fingerprint density at radius 3 is 2.76 bits per heavy atom. The first-order chi connectivity index (χ1) is 22.2. The third-order valence-electron chi connectivity index (χ3n) is 9.46. The molecule has 7 rings (SSSR count). The van der Waals surface area contributed by atoms with Gasteiger partial charge in [-0.15, -0.1) is 0 Å². The molecule has 0 spiro atoms. The van der Waals surface area contributed by atoms with Crippen LogP contribution in [0.25, 0.3) is 10.9 Å². The number of carbonyl (C=O) groups excluding carboxylic acids is 3. The van der Waals surface area contributed by atoms with Gasteiger partial charge in [-0.2, -0.15) is 0 Å². The second-order valence-corrected chi connectivity index (χ2v) is 12.6. The third-order valence-corrected chi connectivity index (χ3v) is 9.46. The van der Waals surface area contributed by atoms with Crippen LogP contribution in [0.3, 0.4) is 0 Å². The van der Waals surface area contributed by atoms with E-state index in [-0.39, 0.29) is 48.1 Å². The van der Waals surface area contributed by atoms with Gasteiger partial charge < -0.3 is 24.2 Å². The molecule has 0 aliphatic carbocycles. The number of rotatable bonds is 8. The van der Waals surface area contributed by atoms with Crippen LogP contribution in [0.5, 0.6) is 5.75 Å². The van der Waals surface area contributed by atoms with E-state index < -0.39 is 23.4 Å². The highest BCUT2D eigenvalue weighted by Crippen LogP contribution is 2.33. The molecule has 3 aromatic rings. The van der Waals surface area contributed by atoms with Gasteiger partial charge in [0.25, 0.3) is 5.91 Å². The molecule has 5 heterocycles. The molecule has 12 nitrogen and oxygen atoms in total. The second kappa shape index (κ2) is 12.3. The molecule has 2 N–H and O–H groups in total. The summed E-state index contributed by atoms with van der Waals surface area (Å²) in [5.74, 6) is -0.583. The SMILES string of the molecule is COC[C@@H]1CN(Cc2cc(F)c3nc(C4(O)CCOCC4)ncc3c2)C[C@H]1Oc1ccc2c(c1)CN([C@H]1CCC(=O)NC1=O)C2=O. The predicted octanol–water partition coefficient (Wildman–Crippen LogP) is 2.05. The number of fused-ring (bicyclic) bond motifs is 2. The lowest BCUT2D eigenvalue weighted by atomic mass is 9.93. The van der Waals surface area contributed by atoms with Crippen LogP contribution in [0.15, 0.2) is 36.5 Å². The number of carbonyl (C=O) groups is 3. The van der Waals surface area contributed by atoms with Crippen LogP contribution in [0.1, 0.15) is 53.0 Å². The number of ether oxygens (including phenoxy) is 3. The van der Waals surface area contributed by atoms with Crippen LogP contribution < -0.4 is 10.1 Å². The predicted molar refractivity (Wildman–Crippen MR) is 161 cm³/mol. The van der Waals surface area contributed by atoms with Crippen molar-refractivity contribution in [3.8, 4) is 5.75 Å². The van der Waals surface area contributed by atoms with E-state index >= 15 is 4.39 Å². The zero-order chi connectivity index (χ0) is 32.0. The molecule has 1 aromatic heterocycles. The van der Waals surface area contributed by atoms with Gasteiger partial charge in [0.1, 0.15) is 34.8 Å². The lowest BCUT2D eigenvalue weighted by Crippen LogP contribution is -2.52. The number of benzene rings is 2. The summed E-state index contributed by atoms with van der Waals surface area (Å²) < 4.78 is 32.7. The molecule has 13 heteroatoms. The fourth-order valence-corrected chi connectivity index (χ4v) is 7.03. The topological polar surface area (TPSA) is 143 Å². The number of hydrogen-bond donors (Lipinski definition) is 2. The quantitative estimate of drug-likeness (QED) is 0.354. The first-order valence-electron chi connectivity index (χ1n) is 15.6. The van der Waals surface area contributed by atoms with Gasteiger partial charge in [0.2, 0.25) is 11.8 Å². The summed E-state index contributed by atoms with van der Waals surface area (Å²) in [5, 5.41) is 13.9. The maximum Gasteiger partial charge on any atom is 0.255 e. The Balaban J connectivity index is 1.03. The van der Waals surface area contributed by atoms with Crippen molar-refractivity contribution in [2.75, 3.05) is 40.0 Å². The number of piperidine rings is 1. The molecule has 0 saturated carbocycles. The van der Waals surface area contributed by atoms with Crippen molar-refractivity contribution < 1.29 is 38.1 Å². The Labute approximate surface area is 264 Å². The number of likely N-dealkylation sites (tertiary alicyclic amines) is 1. The molecule has 4 aliphatic rings. The molecule has 0 radical (unpaired) electrons. The van der Waals surface area contributed by atoms with Crippen molar-refractivity contribution in [3.05, 3.63) is 64.9 Å². The first-order valence-corrected chi connectivity index (χ1v) is 15.6. The number of nitrogens with one attached hydrogen (secondary N) is 1. The molecule has 46 heavy (non-hydrogen) atoms. The van der Waals surface area contributed by atoms with Crippen molar-refractivity contribution in [1.29, 1.82) is 0 Å². The van der Waals surface area contributed by atoms with Crippen molar-refractivity contribution in [2.24, 2.45) is 5.92 Å². The Morgan fingerprint density at radius 2 is 1.98 bits per heavy atom. The zero-order valence-electron chi connectivity index (χ0n) is 25.5. The molecule has 0 bridgehead atoms. The van der Waals surface area contributed by atoms with Crippen LogP contribution in [-0.2, 0) is 37.8 Å². The van der Waals surface area contributed by atoms with Gasteiger partial charge in [-0.05, 0) is 47.9 Å². The van der Waals surface area contributed by atoms with Gasteiger partial charge in [-0.3, -0.25) is 24.6 Å². The Morgan fingerprint density at radius 1 is 1.15 bits per heavy atom. The first kappa shape index (κ1) is 30.6. The standard InChI is InChI=1S/C33H36FN5O7/c1-44-18-22-15-38(14-19-10-20-13-35-32(37-29(20)25(34)11-19)33(43)6-8-45-9-7-33)17-27(22)46-23-2-3-24-21(12-23)16-39(31(24)42)26-4-5-28(40)36-30(26)41/h2-3,10-13,22,26-27,43H,4-9,14-18H2,1H3,(H,36,40,41)/t22-,26-,27+/m0/s1. The van der Waals surface area contributed by atoms with E-state index in [4.69, 9.17) is 14.2 Å². The van der Waals surface area contributed by atoms with Gasteiger partial charge in [-0.25, -0.2) is 14.4 Å². The largest absolute Gasteiger partial charge is 0.489 e. The normalized spacial score (nSPS) is 24.8. The number of methoxy groups -OCH3 is 1. The molecular formula is C33H36FN5O7. The van der Waals surface area contributed by atoms with Gasteiger partial charge in [0.15, 0.2) is 5.82 Å². The zero-order valence-corrected chi connectivity index (χ0v) is 25.5. The van der Waals surface area contributed by atoms with E-state index in [9.17, 15) is 19.5 Å². The van der Waals surface area contributed by atoms with Gasteiger partial charge in [0, 0.05) is 88.8 Å². The van der Waals surface area contributed by atoms with Crippen LogP contribution in [-0.4, -0.2) is 94.8 Å². The Bertz CT molecular complexity index is 1700. The highest BCUT2D eigenvalue weighted by Gasteiger charge is 2.40. The number of aromatic nitrogens is 2. The second-order valence-electron chi connectivity index (χ2n) is 12.6. The summed E-state index contributed by atoms with van der Waals surface area (Å²) in [6, 6.07) is 8.02. The lowest BCUT2D eigenvalue weighted by molar-refractivity contribution is -0.136. The molecule has 0 unspecified atom stereocenters. The van der Waals surface area contributed by atoms with Crippen molar-refractivity contribution in [3.63, 3.8) is 0 Å². The molecule has 4 aliphatic heterocycles. The molecule has 3 atom stereocenters.